The summed E-state index contributed by atoms with van der Waals surface area (Å²) in [5.74, 6) is 0. The molecule has 0 heterocycles. The Morgan fingerprint density at radius 3 is 1.68 bits per heavy atom. The summed E-state index contributed by atoms with van der Waals surface area (Å²) in [6, 6.07) is 28.5. The average Bonchev–Trinajstić information content (AvgIpc) is 2.73. The van der Waals surface area contributed by atoms with Gasteiger partial charge in [-0.15, -0.1) is 0 Å². The van der Waals surface area contributed by atoms with Gasteiger partial charge in [0, 0.05) is 11.4 Å². The number of nitrogens with two attached hydrogens (primary N) is 2. The second kappa shape index (κ2) is 7.85. The lowest BCUT2D eigenvalue weighted by Crippen LogP contribution is -1.89. The van der Waals surface area contributed by atoms with E-state index >= 15 is 0 Å². The van der Waals surface area contributed by atoms with E-state index in [1.807, 2.05) is 48.5 Å². The van der Waals surface area contributed by atoms with Gasteiger partial charge in [-0.3, -0.25) is 0 Å². The minimum atomic E-state index is 0.771. The van der Waals surface area contributed by atoms with Gasteiger partial charge in [-0.05, 0) is 45.2 Å². The van der Waals surface area contributed by atoms with Crippen LogP contribution in [-0.2, 0) is 0 Å². The quantitative estimate of drug-likeness (QED) is 0.328. The van der Waals surface area contributed by atoms with Gasteiger partial charge < -0.3 is 11.5 Å². The molecule has 2 nitrogen and oxygen atoms in total. The monoisotopic (exact) mass is 362 g/mol. The molecule has 4 aromatic rings. The zero-order chi connectivity index (χ0) is 19.3. The van der Waals surface area contributed by atoms with Crippen LogP contribution in [0.4, 0.5) is 11.4 Å². The molecular weight excluding hydrogens is 340 g/mol. The maximum atomic E-state index is 6.11. The van der Waals surface area contributed by atoms with Gasteiger partial charge in [0.2, 0.25) is 0 Å². The molecule has 0 unspecified atom stereocenters. The first-order valence-corrected chi connectivity index (χ1v) is 9.29. The molecule has 0 atom stereocenters. The Morgan fingerprint density at radius 1 is 0.464 bits per heavy atom. The van der Waals surface area contributed by atoms with Gasteiger partial charge in [0.05, 0.1) is 0 Å². The minimum absolute atomic E-state index is 0.771. The Labute approximate surface area is 165 Å². The first-order valence-electron chi connectivity index (χ1n) is 9.29. The summed E-state index contributed by atoms with van der Waals surface area (Å²) in [5.41, 5.74) is 18.1. The van der Waals surface area contributed by atoms with E-state index in [2.05, 4.69) is 60.7 Å². The van der Waals surface area contributed by atoms with Crippen molar-refractivity contribution in [1.29, 1.82) is 0 Å². The normalized spacial score (nSPS) is 11.6. The molecule has 0 aliphatic carbocycles. The molecule has 4 aromatic carbocycles. The summed E-state index contributed by atoms with van der Waals surface area (Å²) in [6.07, 6.45) is 8.40. The molecule has 28 heavy (non-hydrogen) atoms. The molecule has 0 aliphatic heterocycles. The highest BCUT2D eigenvalue weighted by molar-refractivity contribution is 5.97. The second-order valence-corrected chi connectivity index (χ2v) is 6.71. The fourth-order valence-electron chi connectivity index (χ4n) is 3.32. The third-order valence-electron chi connectivity index (χ3n) is 4.87. The Hall–Kier alpha value is -3.78. The topological polar surface area (TPSA) is 52.0 Å². The number of hydrogen-bond donors (Lipinski definition) is 2. The fraction of sp³-hybridized carbons (Fsp3) is 0. The number of para-hydroxylation sites is 2. The number of rotatable bonds is 4. The van der Waals surface area contributed by atoms with Crippen LogP contribution in [0.15, 0.2) is 84.9 Å². The van der Waals surface area contributed by atoms with Crippen molar-refractivity contribution in [2.45, 2.75) is 0 Å². The zero-order valence-electron chi connectivity index (χ0n) is 15.5. The molecule has 136 valence electrons. The maximum absolute atomic E-state index is 6.11. The number of benzene rings is 4. The van der Waals surface area contributed by atoms with Crippen LogP contribution in [0.3, 0.4) is 0 Å². The molecule has 4 rings (SSSR count). The van der Waals surface area contributed by atoms with E-state index in [0.717, 1.165) is 33.6 Å². The number of hydrogen-bond acceptors (Lipinski definition) is 2. The van der Waals surface area contributed by atoms with E-state index in [1.165, 1.54) is 10.8 Å². The number of fused-ring (bicyclic) bond motifs is 1. The number of nitrogen functional groups attached to an aromatic ring is 2. The summed E-state index contributed by atoms with van der Waals surface area (Å²) >= 11 is 0. The third kappa shape index (κ3) is 3.67. The molecule has 4 N–H and O–H groups in total. The predicted molar refractivity (Wildman–Crippen MR) is 124 cm³/mol. The summed E-state index contributed by atoms with van der Waals surface area (Å²) in [6.45, 7) is 0. The van der Waals surface area contributed by atoms with Crippen LogP contribution in [-0.4, -0.2) is 0 Å². The molecule has 0 aromatic heterocycles. The molecule has 0 saturated heterocycles. The van der Waals surface area contributed by atoms with Crippen LogP contribution in [0.25, 0.3) is 35.1 Å². The molecule has 0 amide bonds. The highest BCUT2D eigenvalue weighted by atomic mass is 14.6. The summed E-state index contributed by atoms with van der Waals surface area (Å²) in [5, 5.41) is 2.41. The third-order valence-corrected chi connectivity index (χ3v) is 4.87. The first-order chi connectivity index (χ1) is 13.7. The van der Waals surface area contributed by atoms with E-state index in [0.29, 0.717) is 0 Å². The van der Waals surface area contributed by atoms with E-state index in [9.17, 15) is 0 Å². The number of anilines is 2. The molecule has 0 fully saturated rings. The van der Waals surface area contributed by atoms with E-state index in [4.69, 9.17) is 11.5 Å². The maximum Gasteiger partial charge on any atom is 0.0387 e. The zero-order valence-corrected chi connectivity index (χ0v) is 15.5. The van der Waals surface area contributed by atoms with Crippen molar-refractivity contribution in [2.24, 2.45) is 0 Å². The summed E-state index contributed by atoms with van der Waals surface area (Å²) in [4.78, 5) is 0. The van der Waals surface area contributed by atoms with Gasteiger partial charge in [-0.1, -0.05) is 97.1 Å². The summed E-state index contributed by atoms with van der Waals surface area (Å²) in [7, 11) is 0. The van der Waals surface area contributed by atoms with Crippen molar-refractivity contribution in [2.75, 3.05) is 11.5 Å². The minimum Gasteiger partial charge on any atom is -0.398 e. The molecular formula is C26H22N2. The van der Waals surface area contributed by atoms with Gasteiger partial charge in [-0.2, -0.15) is 0 Å². The molecule has 0 spiro atoms. The van der Waals surface area contributed by atoms with Gasteiger partial charge in [0.1, 0.15) is 0 Å². The SMILES string of the molecule is Nc1ccccc1/C=C/c1ccc2ccccc2c1/C=C/c1ccccc1N. The van der Waals surface area contributed by atoms with Crippen LogP contribution in [0.1, 0.15) is 22.3 Å². The van der Waals surface area contributed by atoms with Crippen molar-refractivity contribution in [3.8, 4) is 0 Å². The highest BCUT2D eigenvalue weighted by Gasteiger charge is 2.04. The Balaban J connectivity index is 1.82. The second-order valence-electron chi connectivity index (χ2n) is 6.71. The molecule has 0 bridgehead atoms. The van der Waals surface area contributed by atoms with Gasteiger partial charge in [0.25, 0.3) is 0 Å². The largest absolute Gasteiger partial charge is 0.398 e. The van der Waals surface area contributed by atoms with Crippen molar-refractivity contribution in [3.05, 3.63) is 107 Å². The van der Waals surface area contributed by atoms with Gasteiger partial charge >= 0.3 is 0 Å². The fourth-order valence-corrected chi connectivity index (χ4v) is 3.32. The lowest BCUT2D eigenvalue weighted by atomic mass is 9.97. The van der Waals surface area contributed by atoms with Crippen LogP contribution in [0.5, 0.6) is 0 Å². The molecule has 0 radical (unpaired) electrons. The van der Waals surface area contributed by atoms with Gasteiger partial charge in [0.15, 0.2) is 0 Å². The predicted octanol–water partition coefficient (Wildman–Crippen LogP) is 6.35. The van der Waals surface area contributed by atoms with Crippen molar-refractivity contribution < 1.29 is 0 Å². The average molecular weight is 362 g/mol. The standard InChI is InChI=1S/C26H22N2/c27-25-11-5-2-8-21(25)16-15-20-14-13-19-7-1-4-10-23(19)24(20)18-17-22-9-3-6-12-26(22)28/h1-18H,27-28H2/b16-15+,18-17+. The first kappa shape index (κ1) is 17.6. The van der Waals surface area contributed by atoms with Crippen LogP contribution in [0.2, 0.25) is 0 Å². The van der Waals surface area contributed by atoms with E-state index < -0.39 is 0 Å². The molecule has 0 saturated carbocycles. The van der Waals surface area contributed by atoms with Crippen LogP contribution in [0, 0.1) is 0 Å². The smallest absolute Gasteiger partial charge is 0.0387 e. The lowest BCUT2D eigenvalue weighted by Gasteiger charge is -2.08. The van der Waals surface area contributed by atoms with Crippen molar-refractivity contribution in [3.63, 3.8) is 0 Å². The molecule has 2 heteroatoms. The molecule has 0 aliphatic rings. The van der Waals surface area contributed by atoms with Gasteiger partial charge in [-0.25, -0.2) is 0 Å². The van der Waals surface area contributed by atoms with Crippen molar-refractivity contribution in [1.82, 2.24) is 0 Å². The van der Waals surface area contributed by atoms with Crippen molar-refractivity contribution >= 4 is 46.5 Å². The summed E-state index contributed by atoms with van der Waals surface area (Å²) < 4.78 is 0. The van der Waals surface area contributed by atoms with Crippen LogP contribution < -0.4 is 11.5 Å². The van der Waals surface area contributed by atoms with E-state index in [1.54, 1.807) is 0 Å². The highest BCUT2D eigenvalue weighted by Crippen LogP contribution is 2.27. The van der Waals surface area contributed by atoms with Crippen LogP contribution >= 0.6 is 0 Å². The lowest BCUT2D eigenvalue weighted by molar-refractivity contribution is 1.63. The Kier molecular flexibility index (Phi) is 4.94. The van der Waals surface area contributed by atoms with E-state index in [-0.39, 0.29) is 0 Å². The Morgan fingerprint density at radius 2 is 1.00 bits per heavy atom. The Bertz CT molecular complexity index is 1190.